The zero-order valence-electron chi connectivity index (χ0n) is 18.2. The van der Waals surface area contributed by atoms with Gasteiger partial charge in [-0.2, -0.15) is 0 Å². The van der Waals surface area contributed by atoms with E-state index in [4.69, 9.17) is 17.0 Å². The number of thioether (sulfide) groups is 1. The summed E-state index contributed by atoms with van der Waals surface area (Å²) in [5, 5.41) is 11.9. The van der Waals surface area contributed by atoms with E-state index < -0.39 is 0 Å². The van der Waals surface area contributed by atoms with Crippen molar-refractivity contribution in [2.45, 2.75) is 43.0 Å². The van der Waals surface area contributed by atoms with Gasteiger partial charge in [-0.3, -0.25) is 0 Å². The van der Waals surface area contributed by atoms with Gasteiger partial charge in [-0.15, -0.1) is 0 Å². The summed E-state index contributed by atoms with van der Waals surface area (Å²) in [6.07, 6.45) is 6.56. The normalized spacial score (nSPS) is 14.8. The number of piperidine rings is 1. The van der Waals surface area contributed by atoms with Crippen LogP contribution in [-0.2, 0) is 7.05 Å². The average Bonchev–Trinajstić information content (AvgIpc) is 3.31. The van der Waals surface area contributed by atoms with Gasteiger partial charge in [-0.05, 0) is 43.1 Å². The number of H-pyrrole nitrogens is 1. The van der Waals surface area contributed by atoms with Crippen molar-refractivity contribution >= 4 is 30.1 Å². The summed E-state index contributed by atoms with van der Waals surface area (Å²) in [6, 6.07) is 3.30. The number of hydrogen-bond acceptors (Lipinski definition) is 7. The third kappa shape index (κ3) is 4.68. The maximum Gasteiger partial charge on any atom is 0.415 e. The van der Waals surface area contributed by atoms with E-state index in [2.05, 4.69) is 15.0 Å². The van der Waals surface area contributed by atoms with E-state index in [1.807, 2.05) is 31.7 Å². The van der Waals surface area contributed by atoms with Gasteiger partial charge < -0.3 is 24.3 Å². The molecule has 0 atom stereocenters. The number of aromatic nitrogens is 5. The molecule has 0 saturated carbocycles. The Kier molecular flexibility index (Phi) is 6.56. The number of aromatic hydroxyl groups is 1. The van der Waals surface area contributed by atoms with Crippen molar-refractivity contribution in [3.05, 3.63) is 41.2 Å². The van der Waals surface area contributed by atoms with Crippen LogP contribution in [0.5, 0.6) is 11.6 Å². The fraction of sp³-hybridized carbons (Fsp3) is 0.429. The Balaban J connectivity index is 1.35. The van der Waals surface area contributed by atoms with Crippen LogP contribution in [0, 0.1) is 4.77 Å². The Morgan fingerprint density at radius 1 is 1.31 bits per heavy atom. The van der Waals surface area contributed by atoms with Crippen LogP contribution in [0.25, 0.3) is 5.82 Å². The van der Waals surface area contributed by atoms with Crippen LogP contribution >= 0.6 is 24.0 Å². The molecule has 9 nitrogen and oxygen atoms in total. The first-order valence-electron chi connectivity index (χ1n) is 10.4. The maximum atomic E-state index is 12.6. The lowest BCUT2D eigenvalue weighted by Gasteiger charge is -2.30. The minimum Gasteiger partial charge on any atom is -0.493 e. The highest BCUT2D eigenvalue weighted by molar-refractivity contribution is 7.99. The summed E-state index contributed by atoms with van der Waals surface area (Å²) >= 11 is 7.06. The Morgan fingerprint density at radius 3 is 2.62 bits per heavy atom. The molecule has 4 rings (SSSR count). The Labute approximate surface area is 195 Å². The molecule has 32 heavy (non-hydrogen) atoms. The monoisotopic (exact) mass is 474 g/mol. The summed E-state index contributed by atoms with van der Waals surface area (Å²) in [7, 11) is 1.98. The molecule has 0 aromatic carbocycles. The number of ether oxygens (including phenoxy) is 1. The fourth-order valence-corrected chi connectivity index (χ4v) is 4.94. The van der Waals surface area contributed by atoms with Crippen molar-refractivity contribution in [3.63, 3.8) is 0 Å². The summed E-state index contributed by atoms with van der Waals surface area (Å²) in [5.74, 6) is 0.912. The molecule has 11 heteroatoms. The van der Waals surface area contributed by atoms with Gasteiger partial charge in [-0.1, -0.05) is 25.6 Å². The number of carbonyl (C=O) groups excluding carboxylic acids is 1. The number of likely N-dealkylation sites (tertiary alicyclic amines) is 1. The molecule has 1 amide bonds. The van der Waals surface area contributed by atoms with Crippen molar-refractivity contribution in [1.29, 1.82) is 0 Å². The van der Waals surface area contributed by atoms with Crippen molar-refractivity contribution in [3.8, 4) is 17.4 Å². The number of amides is 1. The number of nitrogens with zero attached hydrogens (tertiary/aromatic N) is 5. The third-order valence-electron chi connectivity index (χ3n) is 5.38. The third-order valence-corrected chi connectivity index (χ3v) is 7.07. The smallest absolute Gasteiger partial charge is 0.415 e. The summed E-state index contributed by atoms with van der Waals surface area (Å²) < 4.78 is 9.33. The van der Waals surface area contributed by atoms with E-state index in [0.717, 1.165) is 18.0 Å². The first-order valence-corrected chi connectivity index (χ1v) is 11.7. The zero-order chi connectivity index (χ0) is 22.8. The number of carbonyl (C=O) groups is 1. The molecule has 0 radical (unpaired) electrons. The van der Waals surface area contributed by atoms with Crippen LogP contribution in [0.3, 0.4) is 0 Å². The lowest BCUT2D eigenvalue weighted by Crippen LogP contribution is -2.41. The molecule has 0 aliphatic carbocycles. The molecule has 3 aromatic rings. The van der Waals surface area contributed by atoms with Gasteiger partial charge in [0.1, 0.15) is 5.82 Å². The molecule has 1 fully saturated rings. The lowest BCUT2D eigenvalue weighted by atomic mass is 10.1. The predicted octanol–water partition coefficient (Wildman–Crippen LogP) is 4.25. The van der Waals surface area contributed by atoms with Crippen LogP contribution in [-0.4, -0.2) is 58.5 Å². The summed E-state index contributed by atoms with van der Waals surface area (Å²) in [5.41, 5.74) is 0.650. The van der Waals surface area contributed by atoms with Gasteiger partial charge >= 0.3 is 6.09 Å². The van der Waals surface area contributed by atoms with E-state index in [-0.39, 0.29) is 17.9 Å². The average molecular weight is 475 g/mol. The van der Waals surface area contributed by atoms with Gasteiger partial charge in [0.15, 0.2) is 15.7 Å². The highest BCUT2D eigenvalue weighted by Crippen LogP contribution is 2.30. The number of rotatable bonds is 5. The standard InChI is InChI=1S/C21H26N6O3S2/c1-13(2)17-18(28)27(19(31)24-17)16-5-4-14(12-23-16)30-21(29)26-9-6-15(7-10-26)32-20-22-8-11-25(20)3/h4-5,8,11-13,15,28H,6-7,9-10H2,1-3H3,(H,24,31). The maximum absolute atomic E-state index is 12.6. The molecule has 1 aliphatic heterocycles. The Morgan fingerprint density at radius 2 is 2.06 bits per heavy atom. The molecule has 3 aromatic heterocycles. The predicted molar refractivity (Wildman–Crippen MR) is 124 cm³/mol. The highest BCUT2D eigenvalue weighted by Gasteiger charge is 2.26. The molecule has 0 spiro atoms. The van der Waals surface area contributed by atoms with Crippen molar-refractivity contribution < 1.29 is 14.6 Å². The SMILES string of the molecule is CC(C)c1[nH]c(=S)n(-c2ccc(OC(=O)N3CCC(Sc4nccn4C)CC3)cn2)c1O. The minimum atomic E-state index is -0.386. The molecule has 1 aliphatic rings. The van der Waals surface area contributed by atoms with Crippen LogP contribution in [0.4, 0.5) is 4.79 Å². The van der Waals surface area contributed by atoms with Crippen molar-refractivity contribution in [2.75, 3.05) is 13.1 Å². The Bertz CT molecular complexity index is 1140. The van der Waals surface area contributed by atoms with Crippen molar-refractivity contribution in [2.24, 2.45) is 7.05 Å². The lowest BCUT2D eigenvalue weighted by molar-refractivity contribution is 0.143. The number of imidazole rings is 2. The molecule has 1 saturated heterocycles. The first-order chi connectivity index (χ1) is 15.3. The number of aryl methyl sites for hydroxylation is 1. The minimum absolute atomic E-state index is 0.0357. The van der Waals surface area contributed by atoms with E-state index in [9.17, 15) is 9.90 Å². The van der Waals surface area contributed by atoms with Crippen LogP contribution in [0.2, 0.25) is 0 Å². The van der Waals surface area contributed by atoms with E-state index in [1.165, 1.54) is 10.8 Å². The highest BCUT2D eigenvalue weighted by atomic mass is 32.2. The quantitative estimate of drug-likeness (QED) is 0.533. The summed E-state index contributed by atoms with van der Waals surface area (Å²) in [6.45, 7) is 5.19. The first kappa shape index (κ1) is 22.4. The number of nitrogens with one attached hydrogen (secondary N) is 1. The number of pyridine rings is 1. The second kappa shape index (κ2) is 9.37. The van der Waals surface area contributed by atoms with Gasteiger partial charge in [0.05, 0.1) is 11.9 Å². The molecule has 4 heterocycles. The van der Waals surface area contributed by atoms with E-state index in [0.29, 0.717) is 40.4 Å². The number of aromatic amines is 1. The van der Waals surface area contributed by atoms with Crippen LogP contribution in [0.15, 0.2) is 35.9 Å². The topological polar surface area (TPSA) is 101 Å². The number of hydrogen-bond donors (Lipinski definition) is 2. The second-order valence-electron chi connectivity index (χ2n) is 8.00. The molecule has 0 bridgehead atoms. The molecule has 170 valence electrons. The summed E-state index contributed by atoms with van der Waals surface area (Å²) in [4.78, 5) is 26.0. The van der Waals surface area contributed by atoms with Gasteiger partial charge in [0, 0.05) is 37.8 Å². The van der Waals surface area contributed by atoms with Crippen LogP contribution in [0.1, 0.15) is 38.3 Å². The van der Waals surface area contributed by atoms with Crippen LogP contribution < -0.4 is 4.74 Å². The van der Waals surface area contributed by atoms with Gasteiger partial charge in [-0.25, -0.2) is 19.3 Å². The molecular weight excluding hydrogens is 448 g/mol. The zero-order valence-corrected chi connectivity index (χ0v) is 19.8. The van der Waals surface area contributed by atoms with Gasteiger partial charge in [0.2, 0.25) is 5.88 Å². The van der Waals surface area contributed by atoms with Gasteiger partial charge in [0.25, 0.3) is 0 Å². The molecule has 2 N–H and O–H groups in total. The van der Waals surface area contributed by atoms with E-state index >= 15 is 0 Å². The van der Waals surface area contributed by atoms with Crippen molar-refractivity contribution in [1.82, 2.24) is 29.0 Å². The fourth-order valence-electron chi connectivity index (χ4n) is 3.56. The second-order valence-corrected chi connectivity index (χ2v) is 9.66. The van der Waals surface area contributed by atoms with E-state index in [1.54, 1.807) is 35.0 Å². The molecule has 0 unspecified atom stereocenters. The largest absolute Gasteiger partial charge is 0.493 e. The Hall–Kier alpha value is -2.79. The molecular formula is C21H26N6O3S2.